The van der Waals surface area contributed by atoms with Crippen LogP contribution in [0.2, 0.25) is 0 Å². The van der Waals surface area contributed by atoms with E-state index in [-0.39, 0.29) is 18.4 Å². The van der Waals surface area contributed by atoms with Gasteiger partial charge in [0.15, 0.2) is 12.4 Å². The Morgan fingerprint density at radius 3 is 2.69 bits per heavy atom. The summed E-state index contributed by atoms with van der Waals surface area (Å²) in [7, 11) is 0. The van der Waals surface area contributed by atoms with Crippen LogP contribution < -0.4 is 0 Å². The zero-order valence-corrected chi connectivity index (χ0v) is 15.1. The molecule has 26 heavy (non-hydrogen) atoms. The van der Waals surface area contributed by atoms with Crippen LogP contribution in [0.4, 0.5) is 0 Å². The third-order valence-electron chi connectivity index (χ3n) is 4.14. The van der Waals surface area contributed by atoms with Crippen LogP contribution in [-0.2, 0) is 9.53 Å². The molecule has 0 radical (unpaired) electrons. The summed E-state index contributed by atoms with van der Waals surface area (Å²) in [5, 5.41) is 9.50. The van der Waals surface area contributed by atoms with Gasteiger partial charge in [-0.2, -0.15) is 5.10 Å². The highest BCUT2D eigenvalue weighted by Gasteiger charge is 2.26. The minimum absolute atomic E-state index is 0.00827. The molecular formula is C19H21N3O4. The molecule has 0 unspecified atom stereocenters. The van der Waals surface area contributed by atoms with Crippen molar-refractivity contribution in [2.45, 2.75) is 33.1 Å². The fourth-order valence-corrected chi connectivity index (χ4v) is 2.77. The molecule has 0 saturated carbocycles. The smallest absolute Gasteiger partial charge is 0.344 e. The largest absolute Gasteiger partial charge is 0.452 e. The first-order valence-corrected chi connectivity index (χ1v) is 8.54. The second-order valence-electron chi connectivity index (χ2n) is 6.42. The van der Waals surface area contributed by atoms with E-state index < -0.39 is 5.97 Å². The number of carbonyl (C=O) groups is 2. The van der Waals surface area contributed by atoms with E-state index in [1.165, 1.54) is 5.01 Å². The van der Waals surface area contributed by atoms with Crippen LogP contribution in [0.5, 0.6) is 0 Å². The Labute approximate surface area is 151 Å². The molecule has 1 aliphatic heterocycles. The molecule has 0 N–H and O–H groups in total. The molecule has 1 aromatic carbocycles. The van der Waals surface area contributed by atoms with Gasteiger partial charge in [-0.25, -0.2) is 9.80 Å². The minimum atomic E-state index is -0.604. The van der Waals surface area contributed by atoms with E-state index in [2.05, 4.69) is 10.3 Å². The zero-order chi connectivity index (χ0) is 18.7. The number of esters is 1. The molecule has 2 aromatic rings. The lowest BCUT2D eigenvalue weighted by atomic mass is 10.1. The predicted octanol–water partition coefficient (Wildman–Crippen LogP) is 2.90. The van der Waals surface area contributed by atoms with Crippen LogP contribution >= 0.6 is 0 Å². The summed E-state index contributed by atoms with van der Waals surface area (Å²) in [6, 6.07) is 9.69. The molecule has 1 amide bonds. The van der Waals surface area contributed by atoms with Crippen molar-refractivity contribution in [3.8, 4) is 0 Å². The van der Waals surface area contributed by atoms with Crippen molar-refractivity contribution >= 4 is 17.6 Å². The van der Waals surface area contributed by atoms with Gasteiger partial charge in [-0.05, 0) is 12.5 Å². The van der Waals surface area contributed by atoms with E-state index in [1.54, 1.807) is 6.92 Å². The lowest BCUT2D eigenvalue weighted by Gasteiger charge is -2.12. The summed E-state index contributed by atoms with van der Waals surface area (Å²) < 4.78 is 10.4. The van der Waals surface area contributed by atoms with E-state index in [1.807, 2.05) is 44.2 Å². The van der Waals surface area contributed by atoms with Crippen LogP contribution in [0.15, 0.2) is 40.0 Å². The molecule has 7 nitrogen and oxygen atoms in total. The topological polar surface area (TPSA) is 85.0 Å². The fraction of sp³-hybridized carbons (Fsp3) is 0.368. The normalized spacial score (nSPS) is 13.8. The summed E-state index contributed by atoms with van der Waals surface area (Å²) in [4.78, 5) is 24.6. The number of nitrogens with zero attached hydrogens (tertiary/aromatic N) is 3. The maximum atomic E-state index is 12.3. The number of hydrogen-bond donors (Lipinski definition) is 0. The van der Waals surface area contributed by atoms with E-state index in [9.17, 15) is 9.59 Å². The van der Waals surface area contributed by atoms with Gasteiger partial charge in [0, 0.05) is 12.3 Å². The summed E-state index contributed by atoms with van der Waals surface area (Å²) in [6.07, 6.45) is 0.673. The Morgan fingerprint density at radius 2 is 2.00 bits per heavy atom. The van der Waals surface area contributed by atoms with Crippen LogP contribution in [0, 0.1) is 6.92 Å². The highest BCUT2D eigenvalue weighted by atomic mass is 16.5. The van der Waals surface area contributed by atoms with Crippen molar-refractivity contribution in [1.29, 1.82) is 0 Å². The Balaban J connectivity index is 1.62. The van der Waals surface area contributed by atoms with Crippen molar-refractivity contribution in [3.05, 3.63) is 52.9 Å². The van der Waals surface area contributed by atoms with Crippen LogP contribution in [0.3, 0.4) is 0 Å². The lowest BCUT2D eigenvalue weighted by Crippen LogP contribution is -2.29. The van der Waals surface area contributed by atoms with Crippen LogP contribution in [0.1, 0.15) is 53.6 Å². The number of amides is 1. The van der Waals surface area contributed by atoms with Gasteiger partial charge in [0.1, 0.15) is 5.56 Å². The van der Waals surface area contributed by atoms with Gasteiger partial charge < -0.3 is 9.26 Å². The van der Waals surface area contributed by atoms with Crippen molar-refractivity contribution < 1.29 is 18.8 Å². The van der Waals surface area contributed by atoms with Gasteiger partial charge in [-0.3, -0.25) is 4.79 Å². The summed E-state index contributed by atoms with van der Waals surface area (Å²) in [6.45, 7) is 5.57. The van der Waals surface area contributed by atoms with Crippen molar-refractivity contribution in [3.63, 3.8) is 0 Å². The van der Waals surface area contributed by atoms with E-state index in [0.717, 1.165) is 11.3 Å². The molecule has 3 rings (SSSR count). The van der Waals surface area contributed by atoms with Gasteiger partial charge in [-0.1, -0.05) is 49.3 Å². The fourth-order valence-electron chi connectivity index (χ4n) is 2.77. The molecule has 1 aliphatic rings. The van der Waals surface area contributed by atoms with Crippen molar-refractivity contribution in [1.82, 2.24) is 10.2 Å². The van der Waals surface area contributed by atoms with Crippen molar-refractivity contribution in [2.75, 3.05) is 13.2 Å². The Bertz CT molecular complexity index is 840. The van der Waals surface area contributed by atoms with Gasteiger partial charge in [0.05, 0.1) is 18.0 Å². The first-order chi connectivity index (χ1) is 12.5. The molecule has 0 aliphatic carbocycles. The molecule has 0 bridgehead atoms. The average Bonchev–Trinajstić information content (AvgIpc) is 3.27. The maximum absolute atomic E-state index is 12.3. The second-order valence-corrected chi connectivity index (χ2v) is 6.42. The minimum Gasteiger partial charge on any atom is -0.452 e. The molecule has 136 valence electrons. The number of aromatic nitrogens is 1. The standard InChI is InChI=1S/C19H21N3O4/c1-12(2)18-17(13(3)21-26-18)19(24)25-11-16(23)22-10-9-15(20-22)14-7-5-4-6-8-14/h4-8,12H,9-11H2,1-3H3. The summed E-state index contributed by atoms with van der Waals surface area (Å²) in [5.74, 6) is -0.506. The summed E-state index contributed by atoms with van der Waals surface area (Å²) >= 11 is 0. The van der Waals surface area contributed by atoms with Crippen molar-refractivity contribution in [2.24, 2.45) is 5.10 Å². The monoisotopic (exact) mass is 355 g/mol. The number of rotatable bonds is 5. The van der Waals surface area contributed by atoms with Gasteiger partial charge in [0.25, 0.3) is 5.91 Å². The maximum Gasteiger partial charge on any atom is 0.344 e. The van der Waals surface area contributed by atoms with Crippen LogP contribution in [-0.4, -0.2) is 40.9 Å². The SMILES string of the molecule is Cc1noc(C(C)C)c1C(=O)OCC(=O)N1CCC(c2ccccc2)=N1. The zero-order valence-electron chi connectivity index (χ0n) is 15.1. The highest BCUT2D eigenvalue weighted by molar-refractivity contribution is 6.02. The Kier molecular flexibility index (Phi) is 5.16. The predicted molar refractivity (Wildman–Crippen MR) is 94.9 cm³/mol. The molecule has 0 fully saturated rings. The van der Waals surface area contributed by atoms with Gasteiger partial charge in [0.2, 0.25) is 0 Å². The number of hydrazone groups is 1. The quantitative estimate of drug-likeness (QED) is 0.770. The number of benzene rings is 1. The molecule has 0 atom stereocenters. The highest BCUT2D eigenvalue weighted by Crippen LogP contribution is 2.23. The second kappa shape index (κ2) is 7.51. The number of ether oxygens (including phenoxy) is 1. The average molecular weight is 355 g/mol. The molecule has 0 spiro atoms. The van der Waals surface area contributed by atoms with E-state index in [4.69, 9.17) is 9.26 Å². The Hall–Kier alpha value is -2.96. The van der Waals surface area contributed by atoms with Gasteiger partial charge >= 0.3 is 5.97 Å². The third kappa shape index (κ3) is 3.66. The van der Waals surface area contributed by atoms with Crippen LogP contribution in [0.25, 0.3) is 0 Å². The van der Waals surface area contributed by atoms with E-state index in [0.29, 0.717) is 30.0 Å². The number of aryl methyl sites for hydroxylation is 1. The molecule has 2 heterocycles. The molecule has 1 aromatic heterocycles. The first-order valence-electron chi connectivity index (χ1n) is 8.54. The summed E-state index contributed by atoms with van der Waals surface area (Å²) in [5.41, 5.74) is 2.59. The third-order valence-corrected chi connectivity index (χ3v) is 4.14. The molecule has 7 heteroatoms. The number of carbonyl (C=O) groups excluding carboxylic acids is 2. The number of hydrogen-bond acceptors (Lipinski definition) is 6. The lowest BCUT2D eigenvalue weighted by molar-refractivity contribution is -0.134. The molecular weight excluding hydrogens is 334 g/mol. The Morgan fingerprint density at radius 1 is 1.27 bits per heavy atom. The first kappa shape index (κ1) is 17.8. The van der Waals surface area contributed by atoms with E-state index >= 15 is 0 Å². The molecule has 0 saturated heterocycles. The van der Waals surface area contributed by atoms with Gasteiger partial charge in [-0.15, -0.1) is 0 Å².